The Morgan fingerprint density at radius 3 is 0.385 bits per heavy atom. The standard InChI is InChI=1S/3C2H6S2.3CH4S.2O2.4H2O/c3*1-3-4-2;5*1-2;;;;/h3*1-2H3;3*2H,1H3;;;4*1H2. The predicted molar refractivity (Wildman–Crippen MR) is 154 cm³/mol. The molecule has 0 atom stereocenters. The quantitative estimate of drug-likeness (QED) is 0.339. The lowest BCUT2D eigenvalue weighted by Gasteiger charge is -1.69. The van der Waals surface area contributed by atoms with Crippen LogP contribution in [0.2, 0.25) is 0 Å². The molecule has 0 heterocycles. The summed E-state index contributed by atoms with van der Waals surface area (Å²) in [5.41, 5.74) is 0. The molecule has 0 aromatic rings. The third-order valence-corrected chi connectivity index (χ3v) is 4.50. The zero-order chi connectivity index (χ0) is 20.2. The lowest BCUT2D eigenvalue weighted by atomic mass is 12.0. The van der Waals surface area contributed by atoms with Crippen molar-refractivity contribution in [2.75, 3.05) is 56.3 Å². The van der Waals surface area contributed by atoms with Crippen molar-refractivity contribution >= 4 is 103 Å². The first-order valence-electron chi connectivity index (χ1n) is 4.62. The molecule has 26 heavy (non-hydrogen) atoms. The second-order valence-electron chi connectivity index (χ2n) is 1.00. The molecule has 0 amide bonds. The normalized spacial score (nSPS) is 4.46. The third-order valence-electron chi connectivity index (χ3n) is 0.500. The van der Waals surface area contributed by atoms with Crippen molar-refractivity contribution in [2.24, 2.45) is 0 Å². The molecule has 0 rings (SSSR count). The second kappa shape index (κ2) is 278. The maximum Gasteiger partial charge on any atom is 0 e. The fraction of sp³-hybridized carbons (Fsp3) is 1.00. The van der Waals surface area contributed by atoms with Gasteiger partial charge in [-0.3, -0.25) is 0 Å². The highest BCUT2D eigenvalue weighted by Crippen LogP contribution is 2.09. The van der Waals surface area contributed by atoms with Crippen molar-refractivity contribution in [2.45, 2.75) is 0 Å². The molecule has 0 bridgehead atoms. The Bertz CT molecular complexity index is 71.6. The molecular formula is C9H38O8S9. The number of rotatable bonds is 3. The lowest BCUT2D eigenvalue weighted by molar-refractivity contribution is 0.823. The molecule has 0 aromatic carbocycles. The van der Waals surface area contributed by atoms with Crippen LogP contribution >= 0.6 is 103 Å². The van der Waals surface area contributed by atoms with Crippen LogP contribution in [0.1, 0.15) is 0 Å². The van der Waals surface area contributed by atoms with Crippen molar-refractivity contribution in [1.82, 2.24) is 0 Å². The van der Waals surface area contributed by atoms with Gasteiger partial charge in [0.1, 0.15) is 0 Å². The van der Waals surface area contributed by atoms with Gasteiger partial charge in [-0.1, -0.05) is 64.8 Å². The van der Waals surface area contributed by atoms with Gasteiger partial charge in [0.15, 0.2) is 0 Å². The van der Waals surface area contributed by atoms with E-state index in [0.29, 0.717) is 0 Å². The Balaban J connectivity index is -0.00000000864. The van der Waals surface area contributed by atoms with Gasteiger partial charge in [-0.2, -0.15) is 37.9 Å². The molecule has 17 heteroatoms. The van der Waals surface area contributed by atoms with E-state index in [2.05, 4.69) is 75.4 Å². The van der Waals surface area contributed by atoms with E-state index in [-0.39, 0.29) is 21.9 Å². The van der Waals surface area contributed by atoms with Crippen LogP contribution in [0, 0.1) is 19.9 Å². The zero-order valence-electron chi connectivity index (χ0n) is 16.4. The Morgan fingerprint density at radius 2 is 0.385 bits per heavy atom. The molecule has 0 aliphatic heterocycles. The predicted octanol–water partition coefficient (Wildman–Crippen LogP) is 3.36. The van der Waals surface area contributed by atoms with Crippen LogP contribution in [0.5, 0.6) is 0 Å². The van der Waals surface area contributed by atoms with Gasteiger partial charge in [0.25, 0.3) is 0 Å². The Kier molecular flexibility index (Phi) is 850. The molecule has 0 spiro atoms. The largest absolute Gasteiger partial charge is 0.412 e. The Labute approximate surface area is 199 Å². The van der Waals surface area contributed by atoms with Gasteiger partial charge >= 0.3 is 0 Å². The first-order valence-corrected chi connectivity index (χ1v) is 16.2. The van der Waals surface area contributed by atoms with E-state index in [1.54, 1.807) is 83.5 Å². The zero-order valence-corrected chi connectivity index (χ0v) is 24.0. The highest BCUT2D eigenvalue weighted by molar-refractivity contribution is 8.76. The highest BCUT2D eigenvalue weighted by Gasteiger charge is 1.55. The number of hydrogen-bond donors (Lipinski definition) is 3. The number of hydrogen-bond acceptors (Lipinski definition) is 13. The average Bonchev–Trinajstić information content (AvgIpc) is 2.69. The summed E-state index contributed by atoms with van der Waals surface area (Å²) < 4.78 is 0. The van der Waals surface area contributed by atoms with Gasteiger partial charge in [0, 0.05) is 19.9 Å². The summed E-state index contributed by atoms with van der Waals surface area (Å²) in [6.45, 7) is 0. The minimum atomic E-state index is 0. The van der Waals surface area contributed by atoms with Crippen molar-refractivity contribution in [3.05, 3.63) is 19.9 Å². The van der Waals surface area contributed by atoms with E-state index in [4.69, 9.17) is 19.9 Å². The summed E-state index contributed by atoms with van der Waals surface area (Å²) in [6, 6.07) is 0. The molecule has 0 aliphatic rings. The van der Waals surface area contributed by atoms with Crippen molar-refractivity contribution < 1.29 is 21.9 Å². The fourth-order valence-electron chi connectivity index (χ4n) is 0. The SMILES string of the molecule is CS.CS.CS.CSSC.CSSC.CSSC.O.O.O.O.O=O.O=O. The van der Waals surface area contributed by atoms with E-state index in [9.17, 15) is 0 Å². The van der Waals surface area contributed by atoms with Gasteiger partial charge in [-0.05, 0) is 56.3 Å². The minimum Gasteiger partial charge on any atom is -0.412 e. The van der Waals surface area contributed by atoms with Gasteiger partial charge in [0.05, 0.1) is 0 Å². The van der Waals surface area contributed by atoms with E-state index in [1.807, 2.05) is 0 Å². The molecule has 8 nitrogen and oxygen atoms in total. The third kappa shape index (κ3) is 617. The molecule has 0 unspecified atom stereocenters. The average molecular weight is 563 g/mol. The molecule has 0 aromatic heterocycles. The second-order valence-corrected chi connectivity index (χ2v) is 9.00. The molecular weight excluding hydrogens is 525 g/mol. The van der Waals surface area contributed by atoms with E-state index >= 15 is 0 Å². The van der Waals surface area contributed by atoms with E-state index < -0.39 is 0 Å². The van der Waals surface area contributed by atoms with Crippen molar-refractivity contribution in [1.29, 1.82) is 0 Å². The van der Waals surface area contributed by atoms with E-state index in [1.165, 1.54) is 0 Å². The summed E-state index contributed by atoms with van der Waals surface area (Å²) in [6.07, 6.45) is 17.4. The van der Waals surface area contributed by atoms with Crippen molar-refractivity contribution in [3.8, 4) is 0 Å². The first-order chi connectivity index (χ1) is 10.7. The van der Waals surface area contributed by atoms with Crippen LogP contribution < -0.4 is 0 Å². The maximum absolute atomic E-state index is 7.00. The first kappa shape index (κ1) is 79.5. The fourth-order valence-corrected chi connectivity index (χ4v) is 0. The summed E-state index contributed by atoms with van der Waals surface area (Å²) in [5.74, 6) is 0. The molecule has 0 fully saturated rings. The van der Waals surface area contributed by atoms with Crippen LogP contribution in [-0.2, 0) is 0 Å². The monoisotopic (exact) mass is 562 g/mol. The van der Waals surface area contributed by atoms with Crippen molar-refractivity contribution in [3.63, 3.8) is 0 Å². The molecule has 0 saturated carbocycles. The molecule has 0 radical (unpaired) electrons. The van der Waals surface area contributed by atoms with Gasteiger partial charge in [-0.15, -0.1) is 0 Å². The smallest absolute Gasteiger partial charge is 0 e. The van der Waals surface area contributed by atoms with Crippen LogP contribution in [-0.4, -0.2) is 78.2 Å². The van der Waals surface area contributed by atoms with Crippen LogP contribution in [0.3, 0.4) is 0 Å². The lowest BCUT2D eigenvalue weighted by Crippen LogP contribution is -1.28. The Morgan fingerprint density at radius 1 is 0.346 bits per heavy atom. The highest BCUT2D eigenvalue weighted by atomic mass is 33.1. The summed E-state index contributed by atoms with van der Waals surface area (Å²) in [4.78, 5) is 28.0. The van der Waals surface area contributed by atoms with Gasteiger partial charge in [0.2, 0.25) is 0 Å². The molecule has 8 N–H and O–H groups in total. The minimum absolute atomic E-state index is 0. The van der Waals surface area contributed by atoms with Crippen LogP contribution in [0.25, 0.3) is 0 Å². The Hall–Kier alpha value is 2.19. The van der Waals surface area contributed by atoms with Gasteiger partial charge in [-0.25, -0.2) is 0 Å². The van der Waals surface area contributed by atoms with Crippen LogP contribution in [0.15, 0.2) is 0 Å². The molecule has 0 aliphatic carbocycles. The summed E-state index contributed by atoms with van der Waals surface area (Å²) in [7, 11) is 10.6. The number of thiol groups is 3. The summed E-state index contributed by atoms with van der Waals surface area (Å²) >= 11 is 10.6. The molecule has 176 valence electrons. The molecule has 0 saturated heterocycles. The maximum atomic E-state index is 7.00. The van der Waals surface area contributed by atoms with Crippen LogP contribution in [0.4, 0.5) is 0 Å². The van der Waals surface area contributed by atoms with Gasteiger partial charge < -0.3 is 21.9 Å². The topological polar surface area (TPSA) is 194 Å². The van der Waals surface area contributed by atoms with E-state index in [0.717, 1.165) is 0 Å². The summed E-state index contributed by atoms with van der Waals surface area (Å²) in [5, 5.41) is 0.